The maximum absolute atomic E-state index is 12.8. The van der Waals surface area contributed by atoms with Crippen LogP contribution in [0.3, 0.4) is 0 Å². The molecule has 2 aromatic carbocycles. The van der Waals surface area contributed by atoms with Crippen molar-refractivity contribution in [3.8, 4) is 5.75 Å². The molecular weight excluding hydrogens is 394 g/mol. The number of phenolic OH excluding ortho intramolecular Hbond substituents is 1. The molecule has 0 saturated heterocycles. The Morgan fingerprint density at radius 2 is 1.81 bits per heavy atom. The van der Waals surface area contributed by atoms with Gasteiger partial charge in [0.2, 0.25) is 0 Å². The van der Waals surface area contributed by atoms with Crippen molar-refractivity contribution in [2.75, 3.05) is 0 Å². The van der Waals surface area contributed by atoms with Crippen molar-refractivity contribution in [2.24, 2.45) is 5.92 Å². The van der Waals surface area contributed by atoms with Gasteiger partial charge in [-0.15, -0.1) is 0 Å². The monoisotopic (exact) mass is 425 g/mol. The third-order valence-corrected chi connectivity index (χ3v) is 4.99. The second kappa shape index (κ2) is 9.86. The number of hydrogen-bond donors (Lipinski definition) is 2. The molecule has 0 radical (unpaired) electrons. The van der Waals surface area contributed by atoms with Crippen LogP contribution in [0.25, 0.3) is 0 Å². The number of carbonyl (C=O) groups excluding carboxylic acids is 2. The Hall–Kier alpha value is -3.02. The highest BCUT2D eigenvalue weighted by molar-refractivity contribution is 5.81. The Bertz CT molecular complexity index is 900. The first kappa shape index (κ1) is 22.7. The molecule has 0 bridgehead atoms. The van der Waals surface area contributed by atoms with Crippen LogP contribution < -0.4 is 5.32 Å². The van der Waals surface area contributed by atoms with Gasteiger partial charge in [-0.05, 0) is 68.7 Å². The van der Waals surface area contributed by atoms with Crippen molar-refractivity contribution in [3.63, 3.8) is 0 Å². The summed E-state index contributed by atoms with van der Waals surface area (Å²) < 4.78 is 10.8. The van der Waals surface area contributed by atoms with Crippen molar-refractivity contribution >= 4 is 12.1 Å². The lowest BCUT2D eigenvalue weighted by molar-refractivity contribution is -0.147. The molecule has 0 heterocycles. The predicted molar refractivity (Wildman–Crippen MR) is 118 cm³/mol. The van der Waals surface area contributed by atoms with Crippen LogP contribution in [-0.4, -0.2) is 28.8 Å². The predicted octanol–water partition coefficient (Wildman–Crippen LogP) is 4.52. The number of carbonyl (C=O) groups is 2. The number of benzene rings is 2. The molecule has 2 N–H and O–H groups in total. The van der Waals surface area contributed by atoms with Crippen LogP contribution in [0.4, 0.5) is 4.79 Å². The molecule has 31 heavy (non-hydrogen) atoms. The molecule has 0 aliphatic heterocycles. The summed E-state index contributed by atoms with van der Waals surface area (Å²) in [5.41, 5.74) is 1.89. The first-order valence-corrected chi connectivity index (χ1v) is 10.7. The fourth-order valence-electron chi connectivity index (χ4n) is 3.27. The van der Waals surface area contributed by atoms with Crippen molar-refractivity contribution < 1.29 is 24.2 Å². The van der Waals surface area contributed by atoms with Crippen molar-refractivity contribution in [1.82, 2.24) is 5.32 Å². The molecule has 0 unspecified atom stereocenters. The van der Waals surface area contributed by atoms with Gasteiger partial charge in [0.25, 0.3) is 0 Å². The van der Waals surface area contributed by atoms with E-state index < -0.39 is 23.7 Å². The molecule has 1 saturated carbocycles. The average molecular weight is 426 g/mol. The van der Waals surface area contributed by atoms with Gasteiger partial charge in [0, 0.05) is 6.42 Å². The molecule has 1 amide bonds. The summed E-state index contributed by atoms with van der Waals surface area (Å²) in [5, 5.41) is 12.8. The third-order valence-electron chi connectivity index (χ3n) is 4.99. The van der Waals surface area contributed by atoms with Gasteiger partial charge < -0.3 is 19.9 Å². The zero-order valence-corrected chi connectivity index (χ0v) is 18.4. The number of amides is 1. The molecule has 1 aliphatic rings. The zero-order valence-electron chi connectivity index (χ0n) is 18.4. The van der Waals surface area contributed by atoms with Crippen LogP contribution in [0.5, 0.6) is 5.75 Å². The average Bonchev–Trinajstić information content (AvgIpc) is 3.51. The number of hydrogen-bond acceptors (Lipinski definition) is 5. The van der Waals surface area contributed by atoms with Crippen LogP contribution in [0, 0.1) is 5.92 Å². The topological polar surface area (TPSA) is 84.9 Å². The normalized spacial score (nSPS) is 14.5. The summed E-state index contributed by atoms with van der Waals surface area (Å²) in [6, 6.07) is 13.8. The Morgan fingerprint density at radius 1 is 1.10 bits per heavy atom. The number of esters is 1. The minimum atomic E-state index is -0.906. The maximum atomic E-state index is 12.8. The highest BCUT2D eigenvalue weighted by Crippen LogP contribution is 2.35. The fourth-order valence-corrected chi connectivity index (χ4v) is 3.27. The lowest BCUT2D eigenvalue weighted by Crippen LogP contribution is -2.45. The Balaban J connectivity index is 1.71. The summed E-state index contributed by atoms with van der Waals surface area (Å²) >= 11 is 0. The molecule has 6 heteroatoms. The summed E-state index contributed by atoms with van der Waals surface area (Å²) in [4.78, 5) is 25.2. The van der Waals surface area contributed by atoms with E-state index >= 15 is 0 Å². The molecule has 0 spiro atoms. The Labute approximate surface area is 183 Å². The minimum Gasteiger partial charge on any atom is -0.508 e. The zero-order chi connectivity index (χ0) is 22.4. The Morgan fingerprint density at radius 3 is 2.45 bits per heavy atom. The van der Waals surface area contributed by atoms with Crippen LogP contribution in [0.15, 0.2) is 48.5 Å². The third kappa shape index (κ3) is 7.63. The van der Waals surface area contributed by atoms with Gasteiger partial charge in [-0.1, -0.05) is 42.5 Å². The van der Waals surface area contributed by atoms with Crippen LogP contribution in [0.2, 0.25) is 0 Å². The molecule has 6 nitrogen and oxygen atoms in total. The number of rotatable bonds is 8. The molecule has 3 rings (SSSR count). The largest absolute Gasteiger partial charge is 0.508 e. The molecule has 1 fully saturated rings. The van der Waals surface area contributed by atoms with E-state index in [1.54, 1.807) is 32.9 Å². The van der Waals surface area contributed by atoms with Gasteiger partial charge in [-0.25, -0.2) is 9.59 Å². The van der Waals surface area contributed by atoms with Crippen LogP contribution in [0.1, 0.15) is 50.3 Å². The van der Waals surface area contributed by atoms with Crippen molar-refractivity contribution in [2.45, 2.75) is 64.7 Å². The molecule has 1 atom stereocenters. The van der Waals surface area contributed by atoms with Gasteiger partial charge in [-0.3, -0.25) is 0 Å². The van der Waals surface area contributed by atoms with Gasteiger partial charge >= 0.3 is 12.1 Å². The van der Waals surface area contributed by atoms with E-state index in [0.29, 0.717) is 5.92 Å². The van der Waals surface area contributed by atoms with Gasteiger partial charge in [0.05, 0.1) is 0 Å². The lowest BCUT2D eigenvalue weighted by Gasteiger charge is -2.23. The van der Waals surface area contributed by atoms with E-state index in [1.807, 2.05) is 36.4 Å². The van der Waals surface area contributed by atoms with E-state index in [9.17, 15) is 14.7 Å². The number of ether oxygens (including phenoxy) is 2. The number of phenols is 1. The van der Waals surface area contributed by atoms with E-state index in [2.05, 4.69) is 5.32 Å². The number of alkyl carbamates (subject to hydrolysis) is 1. The standard InChI is InChI=1S/C25H31NO5/c1-25(2,3)31-24(29)26-21(23(28)30-16-18-7-5-4-6-8-18)15-19-11-12-22(27)20(14-19)13-17-9-10-17/h4-8,11-12,14,17,21,27H,9-10,13,15-16H2,1-3H3,(H,26,29)/t21-/m0/s1. The summed E-state index contributed by atoms with van der Waals surface area (Å²) in [6.45, 7) is 5.41. The summed E-state index contributed by atoms with van der Waals surface area (Å²) in [5.74, 6) is 0.346. The van der Waals surface area contributed by atoms with Gasteiger partial charge in [-0.2, -0.15) is 0 Å². The first-order chi connectivity index (χ1) is 14.7. The first-order valence-electron chi connectivity index (χ1n) is 10.7. The highest BCUT2D eigenvalue weighted by atomic mass is 16.6. The maximum Gasteiger partial charge on any atom is 0.408 e. The van der Waals surface area contributed by atoms with Crippen molar-refractivity contribution in [1.29, 1.82) is 0 Å². The summed E-state index contributed by atoms with van der Waals surface area (Å²) in [7, 11) is 0. The molecule has 1 aliphatic carbocycles. The van der Waals surface area contributed by atoms with E-state index in [0.717, 1.165) is 23.1 Å². The van der Waals surface area contributed by atoms with E-state index in [4.69, 9.17) is 9.47 Å². The number of nitrogens with one attached hydrogen (secondary N) is 1. The molecular formula is C25H31NO5. The van der Waals surface area contributed by atoms with Crippen molar-refractivity contribution in [3.05, 3.63) is 65.2 Å². The van der Waals surface area contributed by atoms with E-state index in [-0.39, 0.29) is 18.8 Å². The van der Waals surface area contributed by atoms with Gasteiger partial charge in [0.15, 0.2) is 0 Å². The molecule has 166 valence electrons. The van der Waals surface area contributed by atoms with Gasteiger partial charge in [0.1, 0.15) is 24.0 Å². The second-order valence-corrected chi connectivity index (χ2v) is 9.11. The summed E-state index contributed by atoms with van der Waals surface area (Å²) in [6.07, 6.45) is 2.75. The number of aromatic hydroxyl groups is 1. The minimum absolute atomic E-state index is 0.120. The lowest BCUT2D eigenvalue weighted by atomic mass is 10.00. The van der Waals surface area contributed by atoms with Crippen LogP contribution >= 0.6 is 0 Å². The molecule has 0 aromatic heterocycles. The highest BCUT2D eigenvalue weighted by Gasteiger charge is 2.27. The molecule has 2 aromatic rings. The quantitative estimate of drug-likeness (QED) is 0.607. The smallest absolute Gasteiger partial charge is 0.408 e. The Kier molecular flexibility index (Phi) is 7.21. The fraction of sp³-hybridized carbons (Fsp3) is 0.440. The SMILES string of the molecule is CC(C)(C)OC(=O)N[C@@H](Cc1ccc(O)c(CC2CC2)c1)C(=O)OCc1ccccc1. The second-order valence-electron chi connectivity index (χ2n) is 9.11. The van der Waals surface area contributed by atoms with Crippen LogP contribution in [-0.2, 0) is 33.7 Å². The van der Waals surface area contributed by atoms with E-state index in [1.165, 1.54) is 12.8 Å².